The molecule has 1 saturated carbocycles. The lowest BCUT2D eigenvalue weighted by atomic mass is 9.47. The molecule has 4 unspecified atom stereocenters. The second-order valence-corrected chi connectivity index (χ2v) is 5.86. The first-order valence-corrected chi connectivity index (χ1v) is 7.47. The van der Waals surface area contributed by atoms with Gasteiger partial charge in [-0.1, -0.05) is 64.4 Å². The van der Waals surface area contributed by atoms with Gasteiger partial charge in [-0.25, -0.2) is 0 Å². The van der Waals surface area contributed by atoms with E-state index >= 15 is 0 Å². The van der Waals surface area contributed by atoms with Crippen molar-refractivity contribution in [3.05, 3.63) is 35.9 Å². The van der Waals surface area contributed by atoms with E-state index in [2.05, 4.69) is 63.3 Å². The highest BCUT2D eigenvalue weighted by Crippen LogP contribution is 2.59. The molecule has 1 heteroatoms. The van der Waals surface area contributed by atoms with Crippen LogP contribution in [-0.2, 0) is 0 Å². The molecule has 2 rings (SSSR count). The molecule has 0 amide bonds. The van der Waals surface area contributed by atoms with Gasteiger partial charge in [0.25, 0.3) is 0 Å². The van der Waals surface area contributed by atoms with Gasteiger partial charge in [0.05, 0.1) is 0 Å². The van der Waals surface area contributed by atoms with Crippen molar-refractivity contribution in [3.63, 3.8) is 0 Å². The van der Waals surface area contributed by atoms with Crippen LogP contribution in [0.3, 0.4) is 0 Å². The third-order valence-corrected chi connectivity index (χ3v) is 5.09. The zero-order chi connectivity index (χ0) is 13.2. The highest BCUT2D eigenvalue weighted by atomic mass is 15.0. The molecule has 0 spiro atoms. The smallest absolute Gasteiger partial charge is 0.0161 e. The van der Waals surface area contributed by atoms with Crippen LogP contribution in [0.5, 0.6) is 0 Å². The molecule has 0 aromatic heterocycles. The van der Waals surface area contributed by atoms with Crippen LogP contribution < -0.4 is 5.32 Å². The van der Waals surface area contributed by atoms with Gasteiger partial charge in [-0.05, 0) is 35.8 Å². The van der Waals surface area contributed by atoms with E-state index in [1.807, 2.05) is 0 Å². The molecule has 0 saturated heterocycles. The SMILES string of the molecule is CCNC1C(CC)C(c2ccccc2)C1(C)CC. The molecule has 1 aromatic rings. The fourth-order valence-corrected chi connectivity index (χ4v) is 4.05. The molecule has 1 aromatic carbocycles. The van der Waals surface area contributed by atoms with E-state index in [1.54, 1.807) is 0 Å². The van der Waals surface area contributed by atoms with Crippen molar-refractivity contribution in [3.8, 4) is 0 Å². The molecule has 100 valence electrons. The summed E-state index contributed by atoms with van der Waals surface area (Å²) in [5.74, 6) is 1.51. The van der Waals surface area contributed by atoms with E-state index < -0.39 is 0 Å². The summed E-state index contributed by atoms with van der Waals surface area (Å²) in [6, 6.07) is 11.8. The van der Waals surface area contributed by atoms with E-state index in [9.17, 15) is 0 Å². The van der Waals surface area contributed by atoms with E-state index in [-0.39, 0.29) is 0 Å². The molecule has 1 fully saturated rings. The zero-order valence-electron chi connectivity index (χ0n) is 12.2. The van der Waals surface area contributed by atoms with Crippen molar-refractivity contribution in [1.29, 1.82) is 0 Å². The van der Waals surface area contributed by atoms with Crippen LogP contribution >= 0.6 is 0 Å². The Morgan fingerprint density at radius 2 is 1.78 bits per heavy atom. The van der Waals surface area contributed by atoms with Crippen LogP contribution in [0, 0.1) is 11.3 Å². The van der Waals surface area contributed by atoms with E-state index in [0.717, 1.165) is 18.4 Å². The molecule has 1 aliphatic carbocycles. The van der Waals surface area contributed by atoms with Gasteiger partial charge in [-0.15, -0.1) is 0 Å². The van der Waals surface area contributed by atoms with Crippen LogP contribution in [0.15, 0.2) is 30.3 Å². The lowest BCUT2D eigenvalue weighted by molar-refractivity contribution is -0.0308. The summed E-state index contributed by atoms with van der Waals surface area (Å²) in [5, 5.41) is 3.72. The number of hydrogen-bond acceptors (Lipinski definition) is 1. The highest BCUT2D eigenvalue weighted by molar-refractivity contribution is 5.30. The third kappa shape index (κ3) is 1.99. The Hall–Kier alpha value is -0.820. The maximum atomic E-state index is 3.72. The Morgan fingerprint density at radius 3 is 2.28 bits per heavy atom. The minimum absolute atomic E-state index is 0.415. The lowest BCUT2D eigenvalue weighted by Gasteiger charge is -2.61. The molecule has 18 heavy (non-hydrogen) atoms. The van der Waals surface area contributed by atoms with Gasteiger partial charge in [0.1, 0.15) is 0 Å². The van der Waals surface area contributed by atoms with Crippen molar-refractivity contribution in [1.82, 2.24) is 5.32 Å². The average Bonchev–Trinajstić information content (AvgIpc) is 2.42. The largest absolute Gasteiger partial charge is 0.313 e. The normalized spacial score (nSPS) is 35.2. The van der Waals surface area contributed by atoms with Gasteiger partial charge in [-0.2, -0.15) is 0 Å². The molecule has 1 N–H and O–H groups in total. The van der Waals surface area contributed by atoms with Crippen molar-refractivity contribution >= 4 is 0 Å². The summed E-state index contributed by atoms with van der Waals surface area (Å²) >= 11 is 0. The van der Waals surface area contributed by atoms with Gasteiger partial charge in [0.2, 0.25) is 0 Å². The van der Waals surface area contributed by atoms with Crippen molar-refractivity contribution in [2.75, 3.05) is 6.54 Å². The predicted molar refractivity (Wildman–Crippen MR) is 78.8 cm³/mol. The van der Waals surface area contributed by atoms with Crippen molar-refractivity contribution in [2.24, 2.45) is 11.3 Å². The standard InChI is InChI=1S/C17H27N/c1-5-14-15(13-11-9-8-10-12-13)17(4,6-2)16(14)18-7-3/h8-12,14-16,18H,5-7H2,1-4H3. The molecular formula is C17H27N. The van der Waals surface area contributed by atoms with Crippen molar-refractivity contribution in [2.45, 2.75) is 52.5 Å². The average molecular weight is 245 g/mol. The number of nitrogens with one attached hydrogen (secondary N) is 1. The summed E-state index contributed by atoms with van der Waals surface area (Å²) in [4.78, 5) is 0. The Morgan fingerprint density at radius 1 is 1.11 bits per heavy atom. The van der Waals surface area contributed by atoms with Gasteiger partial charge in [-0.3, -0.25) is 0 Å². The van der Waals surface area contributed by atoms with Crippen LogP contribution in [0.25, 0.3) is 0 Å². The monoisotopic (exact) mass is 245 g/mol. The minimum Gasteiger partial charge on any atom is -0.313 e. The fraction of sp³-hybridized carbons (Fsp3) is 0.647. The maximum absolute atomic E-state index is 3.72. The predicted octanol–water partition coefficient (Wildman–Crippen LogP) is 4.20. The molecular weight excluding hydrogens is 218 g/mol. The molecule has 4 atom stereocenters. The minimum atomic E-state index is 0.415. The molecule has 0 bridgehead atoms. The van der Waals surface area contributed by atoms with Gasteiger partial charge < -0.3 is 5.32 Å². The molecule has 1 aliphatic rings. The fourth-order valence-electron chi connectivity index (χ4n) is 4.05. The van der Waals surface area contributed by atoms with Gasteiger partial charge in [0, 0.05) is 6.04 Å². The van der Waals surface area contributed by atoms with Crippen molar-refractivity contribution < 1.29 is 0 Å². The second kappa shape index (κ2) is 5.44. The Bertz CT molecular complexity index is 372. The molecule has 1 nitrogen and oxygen atoms in total. The first-order chi connectivity index (χ1) is 8.69. The highest BCUT2D eigenvalue weighted by Gasteiger charge is 2.56. The number of benzene rings is 1. The first-order valence-electron chi connectivity index (χ1n) is 7.47. The van der Waals surface area contributed by atoms with E-state index in [4.69, 9.17) is 0 Å². The topological polar surface area (TPSA) is 12.0 Å². The zero-order valence-corrected chi connectivity index (χ0v) is 12.2. The van der Waals surface area contributed by atoms with Crippen LogP contribution in [0.2, 0.25) is 0 Å². The Balaban J connectivity index is 2.28. The first kappa shape index (κ1) is 13.6. The molecule has 0 radical (unpaired) electrons. The third-order valence-electron chi connectivity index (χ3n) is 5.09. The summed E-state index contributed by atoms with van der Waals surface area (Å²) in [7, 11) is 0. The summed E-state index contributed by atoms with van der Waals surface area (Å²) in [6.45, 7) is 10.4. The Labute approximate surface area is 112 Å². The number of rotatable bonds is 5. The quantitative estimate of drug-likeness (QED) is 0.819. The number of hydrogen-bond donors (Lipinski definition) is 1. The summed E-state index contributed by atoms with van der Waals surface area (Å²) < 4.78 is 0. The van der Waals surface area contributed by atoms with Crippen LogP contribution in [0.4, 0.5) is 0 Å². The van der Waals surface area contributed by atoms with E-state index in [0.29, 0.717) is 11.5 Å². The molecule has 0 aliphatic heterocycles. The maximum Gasteiger partial charge on any atom is 0.0161 e. The van der Waals surface area contributed by atoms with Gasteiger partial charge >= 0.3 is 0 Å². The van der Waals surface area contributed by atoms with Crippen LogP contribution in [-0.4, -0.2) is 12.6 Å². The van der Waals surface area contributed by atoms with Crippen LogP contribution in [0.1, 0.15) is 52.0 Å². The van der Waals surface area contributed by atoms with Gasteiger partial charge in [0.15, 0.2) is 0 Å². The summed E-state index contributed by atoms with van der Waals surface area (Å²) in [5.41, 5.74) is 1.95. The van der Waals surface area contributed by atoms with E-state index in [1.165, 1.54) is 18.4 Å². The summed E-state index contributed by atoms with van der Waals surface area (Å²) in [6.07, 6.45) is 2.52. The molecule has 0 heterocycles. The lowest BCUT2D eigenvalue weighted by Crippen LogP contribution is -2.63. The Kier molecular flexibility index (Phi) is 4.11. The second-order valence-electron chi connectivity index (χ2n) is 5.86.